The lowest BCUT2D eigenvalue weighted by atomic mass is 10.2. The van der Waals surface area contributed by atoms with Crippen LogP contribution < -0.4 is 10.1 Å². The van der Waals surface area contributed by atoms with Gasteiger partial charge < -0.3 is 19.5 Å². The number of urea groups is 1. The van der Waals surface area contributed by atoms with Crippen molar-refractivity contribution >= 4 is 11.7 Å². The molecule has 152 valence electrons. The van der Waals surface area contributed by atoms with Crippen molar-refractivity contribution in [2.45, 2.75) is 20.0 Å². The average Bonchev–Trinajstić information content (AvgIpc) is 3.16. The first-order valence-corrected chi connectivity index (χ1v) is 8.89. The molecule has 1 N–H and O–H groups in total. The molecule has 0 radical (unpaired) electrons. The highest BCUT2D eigenvalue weighted by atomic mass is 19.1. The maximum Gasteiger partial charge on any atom is 0.321 e. The molecule has 9 heteroatoms. The van der Waals surface area contributed by atoms with E-state index in [1.165, 1.54) is 23.1 Å². The maximum atomic E-state index is 13.6. The van der Waals surface area contributed by atoms with Crippen LogP contribution in [0.2, 0.25) is 0 Å². The number of halogens is 2. The van der Waals surface area contributed by atoms with Crippen LogP contribution in [0, 0.1) is 18.6 Å². The molecular formula is C20H20F2N4O3. The summed E-state index contributed by atoms with van der Waals surface area (Å²) in [6.07, 6.45) is 0.343. The number of carbonyl (C=O) groups is 1. The van der Waals surface area contributed by atoms with Gasteiger partial charge in [0.15, 0.2) is 24.0 Å². The standard InChI is InChI=1S/C20H20F2N4O3/c1-13-7-8-14(11-16(13)22)23-20(27)26(2)10-9-18-24-19(29-25-18)12-28-17-6-4-3-5-15(17)21/h3-8,11H,9-10,12H2,1-2H3,(H,23,27). The summed E-state index contributed by atoms with van der Waals surface area (Å²) >= 11 is 0. The van der Waals surface area contributed by atoms with E-state index < -0.39 is 5.82 Å². The Morgan fingerprint density at radius 2 is 2.00 bits per heavy atom. The number of ether oxygens (including phenoxy) is 1. The molecule has 1 heterocycles. The third-order valence-corrected chi connectivity index (χ3v) is 4.14. The number of anilines is 1. The minimum absolute atomic E-state index is 0.0662. The van der Waals surface area contributed by atoms with Gasteiger partial charge in [-0.05, 0) is 36.8 Å². The average molecular weight is 402 g/mol. The quantitative estimate of drug-likeness (QED) is 0.647. The van der Waals surface area contributed by atoms with E-state index >= 15 is 0 Å². The molecule has 0 saturated carbocycles. The Morgan fingerprint density at radius 1 is 1.21 bits per heavy atom. The fourth-order valence-corrected chi connectivity index (χ4v) is 2.41. The van der Waals surface area contributed by atoms with Gasteiger partial charge in [0.25, 0.3) is 5.89 Å². The van der Waals surface area contributed by atoms with Crippen molar-refractivity contribution in [2.75, 3.05) is 18.9 Å². The molecular weight excluding hydrogens is 382 g/mol. The number of aryl methyl sites for hydroxylation is 1. The maximum absolute atomic E-state index is 13.6. The van der Waals surface area contributed by atoms with E-state index in [1.807, 2.05) is 0 Å². The molecule has 1 aromatic heterocycles. The normalized spacial score (nSPS) is 10.6. The van der Waals surface area contributed by atoms with E-state index in [1.54, 1.807) is 38.2 Å². The second-order valence-electron chi connectivity index (χ2n) is 6.39. The highest BCUT2D eigenvalue weighted by molar-refractivity contribution is 5.89. The van der Waals surface area contributed by atoms with Crippen molar-refractivity contribution in [3.05, 3.63) is 71.4 Å². The lowest BCUT2D eigenvalue weighted by Gasteiger charge is -2.17. The molecule has 2 amide bonds. The van der Waals surface area contributed by atoms with E-state index in [0.29, 0.717) is 30.0 Å². The lowest BCUT2D eigenvalue weighted by Crippen LogP contribution is -2.33. The molecule has 0 bridgehead atoms. The molecule has 29 heavy (non-hydrogen) atoms. The van der Waals surface area contributed by atoms with E-state index in [9.17, 15) is 13.6 Å². The Labute approximate surface area is 166 Å². The molecule has 0 spiro atoms. The fourth-order valence-electron chi connectivity index (χ4n) is 2.41. The number of hydrogen-bond donors (Lipinski definition) is 1. The predicted molar refractivity (Wildman–Crippen MR) is 102 cm³/mol. The summed E-state index contributed by atoms with van der Waals surface area (Å²) in [4.78, 5) is 17.8. The lowest BCUT2D eigenvalue weighted by molar-refractivity contribution is 0.222. The molecule has 0 atom stereocenters. The summed E-state index contributed by atoms with van der Waals surface area (Å²) in [6.45, 7) is 1.89. The molecule has 0 unspecified atom stereocenters. The van der Waals surface area contributed by atoms with Gasteiger partial charge in [-0.3, -0.25) is 0 Å². The summed E-state index contributed by atoms with van der Waals surface area (Å²) in [5, 5.41) is 6.44. The Balaban J connectivity index is 1.47. The van der Waals surface area contributed by atoms with E-state index in [0.717, 1.165) is 0 Å². The molecule has 0 aliphatic heterocycles. The molecule has 0 fully saturated rings. The summed E-state index contributed by atoms with van der Waals surface area (Å²) < 4.78 is 37.5. The van der Waals surface area contributed by atoms with Gasteiger partial charge in [-0.1, -0.05) is 23.4 Å². The zero-order valence-electron chi connectivity index (χ0n) is 16.0. The summed E-state index contributed by atoms with van der Waals surface area (Å²) in [5.74, 6) is -0.185. The number of aromatic nitrogens is 2. The first-order valence-electron chi connectivity index (χ1n) is 8.89. The number of likely N-dealkylation sites (N-methyl/N-ethyl adjacent to an activating group) is 1. The Kier molecular flexibility index (Phi) is 6.38. The highest BCUT2D eigenvalue weighted by Crippen LogP contribution is 2.17. The number of amides is 2. The third kappa shape index (κ3) is 5.50. The first-order chi connectivity index (χ1) is 13.9. The van der Waals surface area contributed by atoms with Crippen molar-refractivity contribution in [1.82, 2.24) is 15.0 Å². The fraction of sp³-hybridized carbons (Fsp3) is 0.250. The zero-order valence-corrected chi connectivity index (χ0v) is 16.0. The van der Waals surface area contributed by atoms with Crippen molar-refractivity contribution < 1.29 is 22.8 Å². The van der Waals surface area contributed by atoms with Crippen LogP contribution in [0.15, 0.2) is 47.0 Å². The van der Waals surface area contributed by atoms with Gasteiger partial charge in [0, 0.05) is 25.7 Å². The van der Waals surface area contributed by atoms with Crippen molar-refractivity contribution in [3.8, 4) is 5.75 Å². The Hall–Kier alpha value is -3.49. The van der Waals surface area contributed by atoms with Crippen molar-refractivity contribution in [3.63, 3.8) is 0 Å². The van der Waals surface area contributed by atoms with Gasteiger partial charge in [-0.2, -0.15) is 4.98 Å². The van der Waals surface area contributed by atoms with Crippen LogP contribution in [-0.2, 0) is 13.0 Å². The molecule has 2 aromatic carbocycles. The number of hydrogen-bond acceptors (Lipinski definition) is 5. The van der Waals surface area contributed by atoms with Gasteiger partial charge in [0.2, 0.25) is 0 Å². The molecule has 0 aliphatic carbocycles. The minimum atomic E-state index is -0.478. The van der Waals surface area contributed by atoms with Crippen LogP contribution in [-0.4, -0.2) is 34.7 Å². The number of benzene rings is 2. The summed E-state index contributed by atoms with van der Waals surface area (Å²) in [6, 6.07) is 10.1. The van der Waals surface area contributed by atoms with Crippen LogP contribution >= 0.6 is 0 Å². The van der Waals surface area contributed by atoms with Crippen molar-refractivity contribution in [2.24, 2.45) is 0 Å². The number of para-hydroxylation sites is 1. The Morgan fingerprint density at radius 3 is 2.76 bits per heavy atom. The van der Waals surface area contributed by atoms with Crippen LogP contribution in [0.5, 0.6) is 5.75 Å². The van der Waals surface area contributed by atoms with Gasteiger partial charge in [-0.25, -0.2) is 13.6 Å². The number of carbonyl (C=O) groups excluding carboxylic acids is 1. The van der Waals surface area contributed by atoms with Crippen LogP contribution in [0.4, 0.5) is 19.3 Å². The summed E-state index contributed by atoms with van der Waals surface area (Å²) in [5.41, 5.74) is 0.875. The molecule has 0 aliphatic rings. The molecule has 0 saturated heterocycles. The molecule has 3 rings (SSSR count). The number of rotatable bonds is 7. The van der Waals surface area contributed by atoms with Crippen molar-refractivity contribution in [1.29, 1.82) is 0 Å². The smallest absolute Gasteiger partial charge is 0.321 e. The van der Waals surface area contributed by atoms with E-state index in [-0.39, 0.29) is 30.1 Å². The number of nitrogens with one attached hydrogen (secondary N) is 1. The summed E-state index contributed by atoms with van der Waals surface area (Å²) in [7, 11) is 1.60. The van der Waals surface area contributed by atoms with Gasteiger partial charge >= 0.3 is 6.03 Å². The highest BCUT2D eigenvalue weighted by Gasteiger charge is 2.13. The molecule has 7 nitrogen and oxygen atoms in total. The van der Waals surface area contributed by atoms with Gasteiger partial charge in [0.05, 0.1) is 0 Å². The molecule has 3 aromatic rings. The van der Waals surface area contributed by atoms with E-state index in [2.05, 4.69) is 15.5 Å². The zero-order chi connectivity index (χ0) is 20.8. The van der Waals surface area contributed by atoms with E-state index in [4.69, 9.17) is 9.26 Å². The first kappa shape index (κ1) is 20.2. The van der Waals surface area contributed by atoms with Crippen LogP contribution in [0.25, 0.3) is 0 Å². The Bertz CT molecular complexity index is 993. The van der Waals surface area contributed by atoms with Crippen LogP contribution in [0.3, 0.4) is 0 Å². The third-order valence-electron chi connectivity index (χ3n) is 4.14. The van der Waals surface area contributed by atoms with Gasteiger partial charge in [0.1, 0.15) is 5.82 Å². The topological polar surface area (TPSA) is 80.5 Å². The SMILES string of the molecule is Cc1ccc(NC(=O)N(C)CCc2noc(COc3ccccc3F)n2)cc1F. The van der Waals surface area contributed by atoms with Crippen LogP contribution in [0.1, 0.15) is 17.3 Å². The predicted octanol–water partition coefficient (Wildman–Crippen LogP) is 3.94. The monoisotopic (exact) mass is 402 g/mol. The second kappa shape index (κ2) is 9.13. The number of nitrogens with zero attached hydrogens (tertiary/aromatic N) is 3. The van der Waals surface area contributed by atoms with Gasteiger partial charge in [-0.15, -0.1) is 0 Å². The second-order valence-corrected chi connectivity index (χ2v) is 6.39. The largest absolute Gasteiger partial charge is 0.481 e. The minimum Gasteiger partial charge on any atom is -0.481 e.